The molecule has 1 fully saturated rings. The molecule has 0 amide bonds. The van der Waals surface area contributed by atoms with Crippen molar-refractivity contribution < 1.29 is 9.84 Å². The minimum Gasteiger partial charge on any atom is -0.379 e. The van der Waals surface area contributed by atoms with Crippen LogP contribution in [0.5, 0.6) is 0 Å². The first kappa shape index (κ1) is 8.72. The Morgan fingerprint density at radius 3 is 3.00 bits per heavy atom. The molecule has 1 aliphatic rings. The van der Waals surface area contributed by atoms with Crippen molar-refractivity contribution in [1.29, 1.82) is 0 Å². The van der Waals surface area contributed by atoms with E-state index in [1.165, 1.54) is 0 Å². The number of hydrogen-bond donors (Lipinski definition) is 1. The number of rotatable bonds is 1. The van der Waals surface area contributed by atoms with E-state index in [9.17, 15) is 5.11 Å². The number of aliphatic hydroxyl groups is 1. The lowest BCUT2D eigenvalue weighted by Gasteiger charge is -2.24. The van der Waals surface area contributed by atoms with Gasteiger partial charge in [0.1, 0.15) is 11.4 Å². The monoisotopic (exact) mass is 182 g/mol. The second-order valence-electron chi connectivity index (χ2n) is 3.70. The van der Waals surface area contributed by atoms with Gasteiger partial charge in [0.25, 0.3) is 0 Å². The molecule has 1 aromatic rings. The lowest BCUT2D eigenvalue weighted by Crippen LogP contribution is -2.35. The van der Waals surface area contributed by atoms with E-state index < -0.39 is 5.60 Å². The van der Waals surface area contributed by atoms with Gasteiger partial charge in [-0.15, -0.1) is 0 Å². The van der Waals surface area contributed by atoms with Crippen molar-refractivity contribution in [1.82, 2.24) is 9.55 Å². The van der Waals surface area contributed by atoms with Crippen LogP contribution in [0.25, 0.3) is 0 Å². The van der Waals surface area contributed by atoms with Gasteiger partial charge in [0.15, 0.2) is 0 Å². The second kappa shape index (κ2) is 2.82. The van der Waals surface area contributed by atoms with Crippen LogP contribution in [0.15, 0.2) is 12.4 Å². The minimum atomic E-state index is -0.905. The third-order valence-corrected chi connectivity index (χ3v) is 2.71. The highest BCUT2D eigenvalue weighted by Gasteiger charge is 2.43. The summed E-state index contributed by atoms with van der Waals surface area (Å²) in [5.74, 6) is 0.797. The van der Waals surface area contributed by atoms with E-state index in [2.05, 4.69) is 4.98 Å². The highest BCUT2D eigenvalue weighted by molar-refractivity contribution is 5.08. The van der Waals surface area contributed by atoms with Gasteiger partial charge in [-0.25, -0.2) is 4.98 Å². The molecule has 1 N–H and O–H groups in total. The average Bonchev–Trinajstić information content (AvgIpc) is 2.62. The first-order valence-electron chi connectivity index (χ1n) is 4.42. The predicted molar refractivity (Wildman–Crippen MR) is 47.1 cm³/mol. The lowest BCUT2D eigenvalue weighted by molar-refractivity contribution is -0.00957. The van der Waals surface area contributed by atoms with Crippen LogP contribution in [0.3, 0.4) is 0 Å². The molecule has 4 nitrogen and oxygen atoms in total. The van der Waals surface area contributed by atoms with E-state index in [0.29, 0.717) is 19.0 Å². The molecule has 0 spiro atoms. The van der Waals surface area contributed by atoms with Gasteiger partial charge in [0.05, 0.1) is 13.2 Å². The smallest absolute Gasteiger partial charge is 0.150 e. The highest BCUT2D eigenvalue weighted by atomic mass is 16.5. The summed E-state index contributed by atoms with van der Waals surface area (Å²) in [5.41, 5.74) is -0.905. The quantitative estimate of drug-likeness (QED) is 0.678. The van der Waals surface area contributed by atoms with Crippen LogP contribution in [0, 0.1) is 5.92 Å². The third kappa shape index (κ3) is 1.17. The Kier molecular flexibility index (Phi) is 1.89. The van der Waals surface area contributed by atoms with Crippen molar-refractivity contribution in [3.8, 4) is 0 Å². The molecule has 1 aliphatic heterocycles. The number of imidazole rings is 1. The van der Waals surface area contributed by atoms with E-state index >= 15 is 0 Å². The molecule has 2 heterocycles. The number of aryl methyl sites for hydroxylation is 1. The molecule has 1 aromatic heterocycles. The molecule has 0 radical (unpaired) electrons. The molecule has 1 saturated heterocycles. The van der Waals surface area contributed by atoms with Crippen molar-refractivity contribution in [2.75, 3.05) is 13.2 Å². The predicted octanol–water partition coefficient (Wildman–Crippen LogP) is 0.274. The SMILES string of the molecule is CC1COCC1(O)c1nccn1C. The summed E-state index contributed by atoms with van der Waals surface area (Å²) < 4.78 is 7.09. The van der Waals surface area contributed by atoms with Crippen LogP contribution in [0.1, 0.15) is 12.7 Å². The van der Waals surface area contributed by atoms with Gasteiger partial charge >= 0.3 is 0 Å². The minimum absolute atomic E-state index is 0.105. The van der Waals surface area contributed by atoms with Crippen LogP contribution in [-0.2, 0) is 17.4 Å². The van der Waals surface area contributed by atoms with Gasteiger partial charge in [-0.2, -0.15) is 0 Å². The van der Waals surface area contributed by atoms with Crippen molar-refractivity contribution >= 4 is 0 Å². The first-order valence-corrected chi connectivity index (χ1v) is 4.42. The van der Waals surface area contributed by atoms with Crippen LogP contribution >= 0.6 is 0 Å². The molecule has 0 aliphatic carbocycles. The van der Waals surface area contributed by atoms with E-state index in [-0.39, 0.29) is 5.92 Å². The molecule has 72 valence electrons. The Balaban J connectivity index is 2.39. The van der Waals surface area contributed by atoms with Crippen molar-refractivity contribution in [3.63, 3.8) is 0 Å². The Labute approximate surface area is 77.2 Å². The zero-order valence-corrected chi connectivity index (χ0v) is 7.90. The van der Waals surface area contributed by atoms with E-state index in [0.717, 1.165) is 0 Å². The number of nitrogens with zero attached hydrogens (tertiary/aromatic N) is 2. The Hall–Kier alpha value is -0.870. The molecule has 0 bridgehead atoms. The second-order valence-corrected chi connectivity index (χ2v) is 3.70. The van der Waals surface area contributed by atoms with Crippen molar-refractivity contribution in [2.24, 2.45) is 13.0 Å². The van der Waals surface area contributed by atoms with E-state index in [4.69, 9.17) is 4.74 Å². The Morgan fingerprint density at radius 1 is 1.77 bits per heavy atom. The van der Waals surface area contributed by atoms with Gasteiger partial charge < -0.3 is 14.4 Å². The summed E-state index contributed by atoms with van der Waals surface area (Å²) in [6.07, 6.45) is 3.52. The van der Waals surface area contributed by atoms with Crippen molar-refractivity contribution in [3.05, 3.63) is 18.2 Å². The van der Waals surface area contributed by atoms with E-state index in [1.54, 1.807) is 6.20 Å². The number of ether oxygens (including phenoxy) is 1. The fourth-order valence-electron chi connectivity index (χ4n) is 1.74. The molecule has 0 aromatic carbocycles. The summed E-state index contributed by atoms with van der Waals surface area (Å²) >= 11 is 0. The molecule has 4 heteroatoms. The molecule has 2 rings (SSSR count). The summed E-state index contributed by atoms with van der Waals surface area (Å²) in [4.78, 5) is 4.15. The molecule has 13 heavy (non-hydrogen) atoms. The molecule has 0 saturated carbocycles. The van der Waals surface area contributed by atoms with Crippen LogP contribution in [0.4, 0.5) is 0 Å². The number of aromatic nitrogens is 2. The summed E-state index contributed by atoms with van der Waals surface area (Å²) in [6, 6.07) is 0. The highest BCUT2D eigenvalue weighted by Crippen LogP contribution is 2.33. The maximum Gasteiger partial charge on any atom is 0.150 e. The number of hydrogen-bond acceptors (Lipinski definition) is 3. The zero-order valence-electron chi connectivity index (χ0n) is 7.90. The van der Waals surface area contributed by atoms with E-state index in [1.807, 2.05) is 24.7 Å². The van der Waals surface area contributed by atoms with Gasteiger partial charge in [-0.05, 0) is 0 Å². The molecule has 2 unspecified atom stereocenters. The molecular weight excluding hydrogens is 168 g/mol. The maximum absolute atomic E-state index is 10.3. The Bertz CT molecular complexity index is 310. The van der Waals surface area contributed by atoms with Gasteiger partial charge in [0, 0.05) is 25.4 Å². The van der Waals surface area contributed by atoms with Crippen LogP contribution in [0.2, 0.25) is 0 Å². The van der Waals surface area contributed by atoms with Gasteiger partial charge in [0.2, 0.25) is 0 Å². The normalized spacial score (nSPS) is 33.9. The van der Waals surface area contributed by atoms with Gasteiger partial charge in [-0.1, -0.05) is 6.92 Å². The standard InChI is InChI=1S/C9H14N2O2/c1-7-5-13-6-9(7,12)8-10-3-4-11(8)2/h3-4,7,12H,5-6H2,1-2H3. The third-order valence-electron chi connectivity index (χ3n) is 2.71. The zero-order chi connectivity index (χ0) is 9.47. The lowest BCUT2D eigenvalue weighted by atomic mass is 9.92. The average molecular weight is 182 g/mol. The van der Waals surface area contributed by atoms with Crippen molar-refractivity contribution in [2.45, 2.75) is 12.5 Å². The van der Waals surface area contributed by atoms with Gasteiger partial charge in [-0.3, -0.25) is 0 Å². The molecular formula is C9H14N2O2. The largest absolute Gasteiger partial charge is 0.379 e. The topological polar surface area (TPSA) is 47.3 Å². The fraction of sp³-hybridized carbons (Fsp3) is 0.667. The summed E-state index contributed by atoms with van der Waals surface area (Å²) in [7, 11) is 1.88. The summed E-state index contributed by atoms with van der Waals surface area (Å²) in [6.45, 7) is 2.92. The summed E-state index contributed by atoms with van der Waals surface area (Å²) in [5, 5.41) is 10.3. The maximum atomic E-state index is 10.3. The first-order chi connectivity index (χ1) is 6.14. The molecule has 2 atom stereocenters. The van der Waals surface area contributed by atoms with Crippen LogP contribution in [-0.4, -0.2) is 27.9 Å². The van der Waals surface area contributed by atoms with Crippen LogP contribution < -0.4 is 0 Å². The Morgan fingerprint density at radius 2 is 2.54 bits per heavy atom. The fourth-order valence-corrected chi connectivity index (χ4v) is 1.74.